The van der Waals surface area contributed by atoms with E-state index < -0.39 is 11.6 Å². The number of hydrogen-bond donors (Lipinski definition) is 1. The van der Waals surface area contributed by atoms with Gasteiger partial charge < -0.3 is 9.88 Å². The Morgan fingerprint density at radius 3 is 2.58 bits per heavy atom. The van der Waals surface area contributed by atoms with Crippen molar-refractivity contribution in [1.82, 2.24) is 14.9 Å². The van der Waals surface area contributed by atoms with E-state index in [1.165, 1.54) is 18.2 Å². The molecule has 0 amide bonds. The first-order valence-electron chi connectivity index (χ1n) is 6.23. The smallest absolute Gasteiger partial charge is 0.130 e. The fraction of sp³-hybridized carbons (Fsp3) is 0.357. The van der Waals surface area contributed by atoms with Crippen LogP contribution in [0.15, 0.2) is 30.6 Å². The van der Waals surface area contributed by atoms with E-state index in [4.69, 9.17) is 0 Å². The standard InChI is InChI=1S/C14H17F2N3/c1-10(14-11(15)4-3-5-12(14)16)17-7-6-13-18-8-9-19(13)2/h3-5,8-10,17H,6-7H2,1-2H3. The minimum atomic E-state index is -0.517. The maximum atomic E-state index is 13.6. The van der Waals surface area contributed by atoms with Crippen LogP contribution in [0.2, 0.25) is 0 Å². The Labute approximate surface area is 111 Å². The summed E-state index contributed by atoms with van der Waals surface area (Å²) >= 11 is 0. The number of nitrogens with zero attached hydrogens (tertiary/aromatic N) is 2. The molecule has 3 nitrogen and oxygen atoms in total. The van der Waals surface area contributed by atoms with Crippen LogP contribution in [0.3, 0.4) is 0 Å². The van der Waals surface area contributed by atoms with E-state index in [0.717, 1.165) is 5.82 Å². The summed E-state index contributed by atoms with van der Waals surface area (Å²) in [7, 11) is 1.92. The first kappa shape index (κ1) is 13.7. The second-order valence-electron chi connectivity index (χ2n) is 4.52. The van der Waals surface area contributed by atoms with Crippen molar-refractivity contribution < 1.29 is 8.78 Å². The van der Waals surface area contributed by atoms with Gasteiger partial charge in [0.05, 0.1) is 0 Å². The third kappa shape index (κ3) is 3.17. The first-order chi connectivity index (χ1) is 9.09. The Morgan fingerprint density at radius 2 is 2.00 bits per heavy atom. The molecule has 1 N–H and O–H groups in total. The van der Waals surface area contributed by atoms with Crippen molar-refractivity contribution in [2.24, 2.45) is 7.05 Å². The van der Waals surface area contributed by atoms with Crippen LogP contribution in [0.1, 0.15) is 24.4 Å². The van der Waals surface area contributed by atoms with Crippen LogP contribution in [0.4, 0.5) is 8.78 Å². The molecule has 0 aliphatic rings. The van der Waals surface area contributed by atoms with Crippen LogP contribution in [0.5, 0.6) is 0 Å². The van der Waals surface area contributed by atoms with Crippen LogP contribution in [-0.2, 0) is 13.5 Å². The molecule has 0 spiro atoms. The highest BCUT2D eigenvalue weighted by Gasteiger charge is 2.15. The largest absolute Gasteiger partial charge is 0.338 e. The lowest BCUT2D eigenvalue weighted by molar-refractivity contribution is 0.487. The number of aromatic nitrogens is 2. The molecule has 102 valence electrons. The van der Waals surface area contributed by atoms with E-state index in [9.17, 15) is 8.78 Å². The molecule has 5 heteroatoms. The molecular formula is C14H17F2N3. The molecule has 2 rings (SSSR count). The molecule has 19 heavy (non-hydrogen) atoms. The zero-order valence-electron chi connectivity index (χ0n) is 11.0. The van der Waals surface area contributed by atoms with Crippen LogP contribution in [0.25, 0.3) is 0 Å². The lowest BCUT2D eigenvalue weighted by Crippen LogP contribution is -2.24. The molecule has 0 fully saturated rings. The van der Waals surface area contributed by atoms with Crippen molar-refractivity contribution >= 4 is 0 Å². The quantitative estimate of drug-likeness (QED) is 0.900. The highest BCUT2D eigenvalue weighted by molar-refractivity contribution is 5.22. The molecule has 0 bridgehead atoms. The number of benzene rings is 1. The van der Waals surface area contributed by atoms with E-state index in [-0.39, 0.29) is 11.6 Å². The topological polar surface area (TPSA) is 29.9 Å². The summed E-state index contributed by atoms with van der Waals surface area (Å²) in [6.45, 7) is 2.36. The zero-order valence-corrected chi connectivity index (χ0v) is 11.0. The van der Waals surface area contributed by atoms with Gasteiger partial charge in [-0.2, -0.15) is 0 Å². The summed E-state index contributed by atoms with van der Waals surface area (Å²) in [5.41, 5.74) is 0.0855. The molecular weight excluding hydrogens is 248 g/mol. The van der Waals surface area contributed by atoms with Crippen LogP contribution in [0, 0.1) is 11.6 Å². The number of aryl methyl sites for hydroxylation is 1. The average Bonchev–Trinajstić information content (AvgIpc) is 2.75. The van der Waals surface area contributed by atoms with Gasteiger partial charge in [0.15, 0.2) is 0 Å². The minimum absolute atomic E-state index is 0.0855. The summed E-state index contributed by atoms with van der Waals surface area (Å²) in [5.74, 6) is -0.0947. The minimum Gasteiger partial charge on any atom is -0.338 e. The second kappa shape index (κ2) is 5.93. The monoisotopic (exact) mass is 265 g/mol. The van der Waals surface area contributed by atoms with Crippen molar-refractivity contribution in [1.29, 1.82) is 0 Å². The van der Waals surface area contributed by atoms with Crippen molar-refractivity contribution in [3.8, 4) is 0 Å². The molecule has 1 aromatic carbocycles. The fourth-order valence-corrected chi connectivity index (χ4v) is 2.06. The van der Waals surface area contributed by atoms with E-state index in [0.29, 0.717) is 13.0 Å². The summed E-state index contributed by atoms with van der Waals surface area (Å²) in [5, 5.41) is 3.11. The predicted molar refractivity (Wildman–Crippen MR) is 69.7 cm³/mol. The number of nitrogens with one attached hydrogen (secondary N) is 1. The van der Waals surface area contributed by atoms with E-state index in [2.05, 4.69) is 10.3 Å². The van der Waals surface area contributed by atoms with Gasteiger partial charge in [-0.05, 0) is 19.1 Å². The Kier molecular flexibility index (Phi) is 4.27. The molecule has 0 radical (unpaired) electrons. The van der Waals surface area contributed by atoms with Crippen LogP contribution < -0.4 is 5.32 Å². The lowest BCUT2D eigenvalue weighted by Gasteiger charge is -2.15. The zero-order chi connectivity index (χ0) is 13.8. The number of rotatable bonds is 5. The third-order valence-electron chi connectivity index (χ3n) is 3.15. The Hall–Kier alpha value is -1.75. The average molecular weight is 265 g/mol. The van der Waals surface area contributed by atoms with Gasteiger partial charge in [-0.15, -0.1) is 0 Å². The maximum absolute atomic E-state index is 13.6. The van der Waals surface area contributed by atoms with Gasteiger partial charge in [0, 0.05) is 44.0 Å². The van der Waals surface area contributed by atoms with Gasteiger partial charge in [-0.3, -0.25) is 0 Å². The van der Waals surface area contributed by atoms with Crippen molar-refractivity contribution in [3.05, 3.63) is 53.6 Å². The number of halogens is 2. The molecule has 2 aromatic rings. The molecule has 0 saturated carbocycles. The Bertz CT molecular complexity index is 531. The number of imidazole rings is 1. The van der Waals surface area contributed by atoms with Gasteiger partial charge in [0.25, 0.3) is 0 Å². The van der Waals surface area contributed by atoms with Gasteiger partial charge in [-0.1, -0.05) is 6.07 Å². The highest BCUT2D eigenvalue weighted by Crippen LogP contribution is 2.19. The maximum Gasteiger partial charge on any atom is 0.130 e. The normalized spacial score (nSPS) is 12.6. The fourth-order valence-electron chi connectivity index (χ4n) is 2.06. The summed E-state index contributed by atoms with van der Waals surface area (Å²) in [4.78, 5) is 4.20. The third-order valence-corrected chi connectivity index (χ3v) is 3.15. The van der Waals surface area contributed by atoms with E-state index in [1.54, 1.807) is 13.1 Å². The first-order valence-corrected chi connectivity index (χ1v) is 6.23. The lowest BCUT2D eigenvalue weighted by atomic mass is 10.1. The molecule has 1 unspecified atom stereocenters. The highest BCUT2D eigenvalue weighted by atomic mass is 19.1. The number of hydrogen-bond acceptors (Lipinski definition) is 2. The molecule has 0 saturated heterocycles. The van der Waals surface area contributed by atoms with Gasteiger partial charge >= 0.3 is 0 Å². The summed E-state index contributed by atoms with van der Waals surface area (Å²) < 4.78 is 29.1. The summed E-state index contributed by atoms with van der Waals surface area (Å²) in [6.07, 6.45) is 4.31. The Balaban J connectivity index is 1.95. The van der Waals surface area contributed by atoms with E-state index >= 15 is 0 Å². The van der Waals surface area contributed by atoms with Crippen molar-refractivity contribution in [2.45, 2.75) is 19.4 Å². The molecule has 0 aliphatic carbocycles. The van der Waals surface area contributed by atoms with Gasteiger partial charge in [0.2, 0.25) is 0 Å². The van der Waals surface area contributed by atoms with Crippen molar-refractivity contribution in [2.75, 3.05) is 6.54 Å². The summed E-state index contributed by atoms with van der Waals surface area (Å²) in [6, 6.07) is 3.54. The SMILES string of the molecule is CC(NCCc1nccn1C)c1c(F)cccc1F. The van der Waals surface area contributed by atoms with Crippen LogP contribution >= 0.6 is 0 Å². The van der Waals surface area contributed by atoms with Gasteiger partial charge in [-0.25, -0.2) is 13.8 Å². The molecule has 1 heterocycles. The molecule has 1 atom stereocenters. The molecule has 1 aromatic heterocycles. The van der Waals surface area contributed by atoms with Crippen LogP contribution in [-0.4, -0.2) is 16.1 Å². The van der Waals surface area contributed by atoms with Gasteiger partial charge in [0.1, 0.15) is 17.5 Å². The predicted octanol–water partition coefficient (Wildman–Crippen LogP) is 2.59. The Morgan fingerprint density at radius 1 is 1.32 bits per heavy atom. The second-order valence-corrected chi connectivity index (χ2v) is 4.52. The van der Waals surface area contributed by atoms with E-state index in [1.807, 2.05) is 17.8 Å². The molecule has 0 aliphatic heterocycles. The van der Waals surface area contributed by atoms with Crippen molar-refractivity contribution in [3.63, 3.8) is 0 Å².